The van der Waals surface area contributed by atoms with Gasteiger partial charge >= 0.3 is 0 Å². The predicted octanol–water partition coefficient (Wildman–Crippen LogP) is 5.86. The Morgan fingerprint density at radius 2 is 1.93 bits per heavy atom. The van der Waals surface area contributed by atoms with Crippen molar-refractivity contribution in [3.8, 4) is 5.75 Å². The van der Waals surface area contributed by atoms with Gasteiger partial charge in [0.15, 0.2) is 6.61 Å². The molecule has 2 fully saturated rings. The molecule has 2 unspecified atom stereocenters. The Morgan fingerprint density at radius 3 is 2.71 bits per heavy atom. The van der Waals surface area contributed by atoms with Gasteiger partial charge in [-0.3, -0.25) is 4.79 Å². The number of carbonyl (C=O) groups is 1. The van der Waals surface area contributed by atoms with E-state index < -0.39 is 0 Å². The third-order valence-corrected chi connectivity index (χ3v) is 6.70. The number of amides is 1. The van der Waals surface area contributed by atoms with Gasteiger partial charge in [-0.05, 0) is 61.5 Å². The lowest BCUT2D eigenvalue weighted by Gasteiger charge is -2.31. The number of ether oxygens (including phenoxy) is 1. The van der Waals surface area contributed by atoms with Crippen molar-refractivity contribution >= 4 is 5.91 Å². The molecule has 1 saturated carbocycles. The van der Waals surface area contributed by atoms with Crippen molar-refractivity contribution in [2.24, 2.45) is 17.8 Å². The number of hydrogen-bond acceptors (Lipinski definition) is 2. The molecule has 3 rings (SSSR count). The third kappa shape index (κ3) is 6.53. The van der Waals surface area contributed by atoms with E-state index in [1.807, 2.05) is 17.0 Å². The summed E-state index contributed by atoms with van der Waals surface area (Å²) in [7, 11) is 0. The molecule has 156 valence electrons. The lowest BCUT2D eigenvalue weighted by atomic mass is 9.82. The standard InChI is InChI=1S/C25H39NO2/c1-20(17-22-10-4-3-5-11-22)14-15-23-12-6-7-13-24(23)28-19-25(27)26-16-8-9-21(2)18-26/h6-7,12-13,20-22H,3-5,8-11,14-19H2,1-2H3. The molecule has 1 aliphatic heterocycles. The van der Waals surface area contributed by atoms with Gasteiger partial charge in [0.05, 0.1) is 0 Å². The summed E-state index contributed by atoms with van der Waals surface area (Å²) < 4.78 is 5.98. The summed E-state index contributed by atoms with van der Waals surface area (Å²) in [5, 5.41) is 0. The van der Waals surface area contributed by atoms with Crippen LogP contribution < -0.4 is 4.74 Å². The molecule has 1 aliphatic carbocycles. The van der Waals surface area contributed by atoms with Gasteiger partial charge in [0.25, 0.3) is 5.91 Å². The van der Waals surface area contributed by atoms with Crippen LogP contribution in [0.15, 0.2) is 24.3 Å². The Hall–Kier alpha value is -1.51. The van der Waals surface area contributed by atoms with E-state index in [0.717, 1.165) is 43.5 Å². The molecule has 3 heteroatoms. The van der Waals surface area contributed by atoms with Crippen molar-refractivity contribution < 1.29 is 9.53 Å². The zero-order valence-corrected chi connectivity index (χ0v) is 18.0. The van der Waals surface area contributed by atoms with E-state index in [1.54, 1.807) is 0 Å². The average molecular weight is 386 g/mol. The summed E-state index contributed by atoms with van der Waals surface area (Å²) in [6, 6.07) is 8.28. The van der Waals surface area contributed by atoms with Crippen molar-refractivity contribution in [3.63, 3.8) is 0 Å². The molecule has 0 spiro atoms. The fourth-order valence-electron chi connectivity index (χ4n) is 5.01. The number of hydrogen-bond donors (Lipinski definition) is 0. The normalized spacial score (nSPS) is 22.1. The number of carbonyl (C=O) groups excluding carboxylic acids is 1. The molecule has 1 heterocycles. The second kappa shape index (κ2) is 10.9. The first-order valence-electron chi connectivity index (χ1n) is 11.6. The molecule has 0 radical (unpaired) electrons. The van der Waals surface area contributed by atoms with Crippen LogP contribution in [0.3, 0.4) is 0 Å². The highest BCUT2D eigenvalue weighted by atomic mass is 16.5. The Bertz CT molecular complexity index is 608. The van der Waals surface area contributed by atoms with Crippen LogP contribution in [-0.4, -0.2) is 30.5 Å². The monoisotopic (exact) mass is 385 g/mol. The van der Waals surface area contributed by atoms with Crippen LogP contribution in [0.4, 0.5) is 0 Å². The van der Waals surface area contributed by atoms with Crippen LogP contribution in [0.1, 0.15) is 77.2 Å². The Kier molecular flexibility index (Phi) is 8.24. The summed E-state index contributed by atoms with van der Waals surface area (Å²) in [6.07, 6.45) is 13.1. The molecule has 2 atom stereocenters. The molecule has 0 N–H and O–H groups in total. The maximum atomic E-state index is 12.5. The summed E-state index contributed by atoms with van der Waals surface area (Å²) in [5.41, 5.74) is 1.25. The van der Waals surface area contributed by atoms with Gasteiger partial charge in [-0.25, -0.2) is 0 Å². The van der Waals surface area contributed by atoms with Crippen LogP contribution in [0, 0.1) is 17.8 Å². The van der Waals surface area contributed by atoms with Gasteiger partial charge in [0, 0.05) is 13.1 Å². The largest absolute Gasteiger partial charge is 0.483 e. The Labute approximate surface area is 171 Å². The Balaban J connectivity index is 1.46. The first kappa shape index (κ1) is 21.2. The molecule has 1 amide bonds. The molecular weight excluding hydrogens is 346 g/mol. The Morgan fingerprint density at radius 1 is 1.14 bits per heavy atom. The van der Waals surface area contributed by atoms with Crippen LogP contribution in [0.5, 0.6) is 5.75 Å². The molecule has 0 aromatic heterocycles. The number of aryl methyl sites for hydroxylation is 1. The summed E-state index contributed by atoms with van der Waals surface area (Å²) in [6.45, 7) is 6.56. The highest BCUT2D eigenvalue weighted by molar-refractivity contribution is 5.77. The van der Waals surface area contributed by atoms with E-state index in [9.17, 15) is 4.79 Å². The van der Waals surface area contributed by atoms with Crippen molar-refractivity contribution in [3.05, 3.63) is 29.8 Å². The zero-order valence-electron chi connectivity index (χ0n) is 18.0. The van der Waals surface area contributed by atoms with Gasteiger partial charge in [0.1, 0.15) is 5.75 Å². The lowest BCUT2D eigenvalue weighted by Crippen LogP contribution is -2.41. The number of likely N-dealkylation sites (tertiary alicyclic amines) is 1. The summed E-state index contributed by atoms with van der Waals surface area (Å²) >= 11 is 0. The van der Waals surface area contributed by atoms with Gasteiger partial charge in [-0.1, -0.05) is 64.2 Å². The molecule has 3 nitrogen and oxygen atoms in total. The molecule has 2 aliphatic rings. The number of para-hydroxylation sites is 1. The maximum Gasteiger partial charge on any atom is 0.260 e. The SMILES string of the molecule is CC(CCc1ccccc1OCC(=O)N1CCCC(C)C1)CC1CCCCC1. The number of piperidine rings is 1. The van der Waals surface area contributed by atoms with Crippen LogP contribution >= 0.6 is 0 Å². The van der Waals surface area contributed by atoms with E-state index in [1.165, 1.54) is 56.9 Å². The molecule has 28 heavy (non-hydrogen) atoms. The molecule has 1 aromatic carbocycles. The maximum absolute atomic E-state index is 12.5. The van der Waals surface area contributed by atoms with Crippen LogP contribution in [-0.2, 0) is 11.2 Å². The smallest absolute Gasteiger partial charge is 0.260 e. The minimum Gasteiger partial charge on any atom is -0.483 e. The highest BCUT2D eigenvalue weighted by Gasteiger charge is 2.21. The summed E-state index contributed by atoms with van der Waals surface area (Å²) in [4.78, 5) is 14.5. The first-order chi connectivity index (χ1) is 13.6. The van der Waals surface area contributed by atoms with Gasteiger partial charge in [0.2, 0.25) is 0 Å². The second-order valence-electron chi connectivity index (χ2n) is 9.37. The van der Waals surface area contributed by atoms with Gasteiger partial charge < -0.3 is 9.64 Å². The van der Waals surface area contributed by atoms with Crippen molar-refractivity contribution in [1.82, 2.24) is 4.90 Å². The van der Waals surface area contributed by atoms with Gasteiger partial charge in [-0.2, -0.15) is 0 Å². The fourth-order valence-corrected chi connectivity index (χ4v) is 5.01. The fraction of sp³-hybridized carbons (Fsp3) is 0.720. The van der Waals surface area contributed by atoms with Crippen molar-refractivity contribution in [2.75, 3.05) is 19.7 Å². The predicted molar refractivity (Wildman–Crippen MR) is 116 cm³/mol. The van der Waals surface area contributed by atoms with Crippen LogP contribution in [0.25, 0.3) is 0 Å². The zero-order chi connectivity index (χ0) is 19.8. The number of rotatable bonds is 8. The van der Waals surface area contributed by atoms with E-state index in [0.29, 0.717) is 5.92 Å². The molecule has 1 saturated heterocycles. The molecule has 1 aromatic rings. The second-order valence-corrected chi connectivity index (χ2v) is 9.37. The quantitative estimate of drug-likeness (QED) is 0.560. The molecular formula is C25H39NO2. The third-order valence-electron chi connectivity index (χ3n) is 6.70. The first-order valence-corrected chi connectivity index (χ1v) is 11.6. The van der Waals surface area contributed by atoms with E-state index in [-0.39, 0.29) is 12.5 Å². The molecule has 0 bridgehead atoms. The lowest BCUT2D eigenvalue weighted by molar-refractivity contribution is -0.135. The van der Waals surface area contributed by atoms with E-state index in [4.69, 9.17) is 4.74 Å². The minimum atomic E-state index is 0.131. The van der Waals surface area contributed by atoms with Crippen molar-refractivity contribution in [1.29, 1.82) is 0 Å². The topological polar surface area (TPSA) is 29.5 Å². The minimum absolute atomic E-state index is 0.131. The highest BCUT2D eigenvalue weighted by Crippen LogP contribution is 2.31. The van der Waals surface area contributed by atoms with E-state index >= 15 is 0 Å². The van der Waals surface area contributed by atoms with E-state index in [2.05, 4.69) is 26.0 Å². The summed E-state index contributed by atoms with van der Waals surface area (Å²) in [5.74, 6) is 3.33. The number of nitrogens with zero attached hydrogens (tertiary/aromatic N) is 1. The number of benzene rings is 1. The van der Waals surface area contributed by atoms with Crippen molar-refractivity contribution in [2.45, 2.75) is 78.1 Å². The van der Waals surface area contributed by atoms with Crippen LogP contribution in [0.2, 0.25) is 0 Å². The van der Waals surface area contributed by atoms with Gasteiger partial charge in [-0.15, -0.1) is 0 Å². The average Bonchev–Trinajstić information content (AvgIpc) is 2.72.